The summed E-state index contributed by atoms with van der Waals surface area (Å²) in [6.07, 6.45) is 2.40. The van der Waals surface area contributed by atoms with E-state index in [0.29, 0.717) is 35.5 Å². The highest BCUT2D eigenvalue weighted by Gasteiger charge is 2.07. The van der Waals surface area contributed by atoms with E-state index in [4.69, 9.17) is 0 Å². The van der Waals surface area contributed by atoms with E-state index in [1.807, 2.05) is 79.7 Å². The first-order valence-corrected chi connectivity index (χ1v) is 10.5. The molecule has 2 aromatic heterocycles. The summed E-state index contributed by atoms with van der Waals surface area (Å²) in [6.45, 7) is 2.64. The van der Waals surface area contributed by atoms with Crippen molar-refractivity contribution in [2.75, 3.05) is 5.32 Å². The standard InChI is InChI=1S/C18H14N4O.C8H9NO/c1-12-6-2-4-8-14(12)19-16-10-11-22-17(23)13-7-3-5-9-15(13)20-18(22)21-16;10-7-9-6-8-4-2-1-3-5-8/h2-11H,1H3,(H,19,20,21);1-5,7H,6H2,(H,9,10). The topological polar surface area (TPSA) is 88.4 Å². The molecule has 0 unspecified atom stereocenters. The lowest BCUT2D eigenvalue weighted by Gasteiger charge is -2.09. The van der Waals surface area contributed by atoms with E-state index < -0.39 is 0 Å². The van der Waals surface area contributed by atoms with Gasteiger partial charge in [-0.05, 0) is 42.3 Å². The Morgan fingerprint density at radius 3 is 2.39 bits per heavy atom. The van der Waals surface area contributed by atoms with Gasteiger partial charge in [0.1, 0.15) is 5.82 Å². The summed E-state index contributed by atoms with van der Waals surface area (Å²) in [5.74, 6) is 1.04. The Morgan fingerprint density at radius 1 is 0.879 bits per heavy atom. The molecule has 33 heavy (non-hydrogen) atoms. The van der Waals surface area contributed by atoms with Crippen molar-refractivity contribution in [1.29, 1.82) is 0 Å². The van der Waals surface area contributed by atoms with Crippen LogP contribution in [0.5, 0.6) is 0 Å². The molecule has 0 aliphatic rings. The molecular formula is C26H23N5O2. The number of carbonyl (C=O) groups is 1. The van der Waals surface area contributed by atoms with Crippen molar-refractivity contribution in [3.05, 3.63) is 113 Å². The number of aryl methyl sites for hydroxylation is 1. The molecule has 0 saturated heterocycles. The van der Waals surface area contributed by atoms with Crippen LogP contribution in [0.15, 0.2) is 95.9 Å². The third kappa shape index (κ3) is 5.22. The summed E-state index contributed by atoms with van der Waals surface area (Å²) in [5.41, 5.74) is 3.76. The number of nitrogens with one attached hydrogen (secondary N) is 2. The van der Waals surface area contributed by atoms with Gasteiger partial charge in [-0.3, -0.25) is 14.0 Å². The van der Waals surface area contributed by atoms with E-state index in [1.165, 1.54) is 4.40 Å². The first-order valence-electron chi connectivity index (χ1n) is 10.5. The van der Waals surface area contributed by atoms with E-state index in [9.17, 15) is 9.59 Å². The summed E-state index contributed by atoms with van der Waals surface area (Å²) >= 11 is 0. The molecule has 7 nitrogen and oxygen atoms in total. The minimum absolute atomic E-state index is 0.111. The Morgan fingerprint density at radius 2 is 1.61 bits per heavy atom. The van der Waals surface area contributed by atoms with Crippen LogP contribution in [-0.2, 0) is 11.3 Å². The molecule has 0 aliphatic heterocycles. The van der Waals surface area contributed by atoms with Crippen LogP contribution in [0.25, 0.3) is 16.7 Å². The Hall–Kier alpha value is -4.52. The molecule has 0 saturated carbocycles. The van der Waals surface area contributed by atoms with Crippen molar-refractivity contribution < 1.29 is 4.79 Å². The van der Waals surface area contributed by atoms with E-state index >= 15 is 0 Å². The Bertz CT molecular complexity index is 1450. The lowest BCUT2D eigenvalue weighted by molar-refractivity contribution is -0.109. The number of hydrogen-bond donors (Lipinski definition) is 2. The zero-order valence-electron chi connectivity index (χ0n) is 18.1. The average molecular weight is 438 g/mol. The van der Waals surface area contributed by atoms with Gasteiger partial charge in [0.2, 0.25) is 12.2 Å². The Kier molecular flexibility index (Phi) is 6.70. The van der Waals surface area contributed by atoms with E-state index in [2.05, 4.69) is 20.6 Å². The monoisotopic (exact) mass is 437 g/mol. The Balaban J connectivity index is 0.000000219. The van der Waals surface area contributed by atoms with Gasteiger partial charge < -0.3 is 10.6 Å². The molecule has 0 fully saturated rings. The zero-order valence-corrected chi connectivity index (χ0v) is 18.1. The van der Waals surface area contributed by atoms with Gasteiger partial charge in [-0.1, -0.05) is 60.7 Å². The van der Waals surface area contributed by atoms with Crippen LogP contribution in [0.3, 0.4) is 0 Å². The summed E-state index contributed by atoms with van der Waals surface area (Å²) in [4.78, 5) is 31.3. The number of anilines is 2. The molecule has 7 heteroatoms. The Labute approximate surface area is 190 Å². The fourth-order valence-electron chi connectivity index (χ4n) is 3.31. The highest BCUT2D eigenvalue weighted by Crippen LogP contribution is 2.18. The fourth-order valence-corrected chi connectivity index (χ4v) is 3.31. The van der Waals surface area contributed by atoms with Crippen molar-refractivity contribution in [1.82, 2.24) is 19.7 Å². The number of rotatable bonds is 5. The normalized spacial score (nSPS) is 10.3. The molecule has 0 radical (unpaired) electrons. The molecule has 2 heterocycles. The second-order valence-corrected chi connectivity index (χ2v) is 7.34. The van der Waals surface area contributed by atoms with E-state index in [1.54, 1.807) is 18.3 Å². The fraction of sp³-hybridized carbons (Fsp3) is 0.0769. The molecule has 5 aromatic rings. The number of aromatic nitrogens is 3. The van der Waals surface area contributed by atoms with Crippen LogP contribution < -0.4 is 16.2 Å². The van der Waals surface area contributed by atoms with E-state index in [-0.39, 0.29) is 5.56 Å². The highest BCUT2D eigenvalue weighted by atomic mass is 16.1. The zero-order chi connectivity index (χ0) is 23.0. The quantitative estimate of drug-likeness (QED) is 0.317. The van der Waals surface area contributed by atoms with Gasteiger partial charge in [0.25, 0.3) is 5.56 Å². The van der Waals surface area contributed by atoms with Gasteiger partial charge in [-0.2, -0.15) is 4.98 Å². The summed E-state index contributed by atoms with van der Waals surface area (Å²) in [6, 6.07) is 26.8. The van der Waals surface area contributed by atoms with Crippen LogP contribution in [0.4, 0.5) is 11.5 Å². The van der Waals surface area contributed by atoms with Crippen LogP contribution in [0.1, 0.15) is 11.1 Å². The number of amides is 1. The minimum Gasteiger partial charge on any atom is -0.355 e. The predicted octanol–water partition coefficient (Wildman–Crippen LogP) is 4.23. The maximum atomic E-state index is 12.5. The molecule has 164 valence electrons. The van der Waals surface area contributed by atoms with Crippen molar-refractivity contribution in [3.8, 4) is 0 Å². The smallest absolute Gasteiger partial charge is 0.266 e. The summed E-state index contributed by atoms with van der Waals surface area (Å²) in [5, 5.41) is 6.44. The van der Waals surface area contributed by atoms with Gasteiger partial charge in [-0.25, -0.2) is 4.98 Å². The van der Waals surface area contributed by atoms with Gasteiger partial charge in [0.15, 0.2) is 0 Å². The van der Waals surface area contributed by atoms with Crippen LogP contribution >= 0.6 is 0 Å². The molecular weight excluding hydrogens is 414 g/mol. The predicted molar refractivity (Wildman–Crippen MR) is 131 cm³/mol. The third-order valence-electron chi connectivity index (χ3n) is 5.03. The van der Waals surface area contributed by atoms with E-state index in [0.717, 1.165) is 16.8 Å². The molecule has 0 bridgehead atoms. The maximum absolute atomic E-state index is 12.5. The second-order valence-electron chi connectivity index (χ2n) is 7.34. The number of benzene rings is 3. The lowest BCUT2D eigenvalue weighted by atomic mass is 10.2. The van der Waals surface area contributed by atoms with Crippen LogP contribution in [0.2, 0.25) is 0 Å². The van der Waals surface area contributed by atoms with Crippen molar-refractivity contribution in [2.45, 2.75) is 13.5 Å². The number of carbonyl (C=O) groups excluding carboxylic acids is 1. The van der Waals surface area contributed by atoms with Crippen molar-refractivity contribution in [2.24, 2.45) is 0 Å². The summed E-state index contributed by atoms with van der Waals surface area (Å²) < 4.78 is 1.46. The molecule has 1 amide bonds. The lowest BCUT2D eigenvalue weighted by Crippen LogP contribution is -2.16. The van der Waals surface area contributed by atoms with Gasteiger partial charge >= 0.3 is 0 Å². The molecule has 0 atom stereocenters. The SMILES string of the molecule is Cc1ccccc1Nc1ccn2c(=O)c3ccccc3nc2n1.O=CNCc1ccccc1. The largest absolute Gasteiger partial charge is 0.355 e. The first kappa shape index (κ1) is 21.7. The van der Waals surface area contributed by atoms with Crippen molar-refractivity contribution in [3.63, 3.8) is 0 Å². The molecule has 0 spiro atoms. The third-order valence-corrected chi connectivity index (χ3v) is 5.03. The molecule has 2 N–H and O–H groups in total. The highest BCUT2D eigenvalue weighted by molar-refractivity contribution is 5.79. The maximum Gasteiger partial charge on any atom is 0.266 e. The average Bonchev–Trinajstić information content (AvgIpc) is 2.85. The van der Waals surface area contributed by atoms with Crippen molar-refractivity contribution >= 4 is 34.6 Å². The summed E-state index contributed by atoms with van der Waals surface area (Å²) in [7, 11) is 0. The van der Waals surface area contributed by atoms with Gasteiger partial charge in [0.05, 0.1) is 10.9 Å². The minimum atomic E-state index is -0.111. The van der Waals surface area contributed by atoms with Gasteiger partial charge in [-0.15, -0.1) is 0 Å². The van der Waals surface area contributed by atoms with Gasteiger partial charge in [0, 0.05) is 18.4 Å². The molecule has 0 aliphatic carbocycles. The second kappa shape index (κ2) is 10.2. The van der Waals surface area contributed by atoms with Crippen LogP contribution in [0, 0.1) is 6.92 Å². The first-order chi connectivity index (χ1) is 16.2. The molecule has 3 aromatic carbocycles. The number of para-hydroxylation sites is 2. The number of fused-ring (bicyclic) bond motifs is 2. The number of hydrogen-bond acceptors (Lipinski definition) is 5. The van der Waals surface area contributed by atoms with Crippen LogP contribution in [-0.4, -0.2) is 20.8 Å². The number of nitrogens with zero attached hydrogens (tertiary/aromatic N) is 3. The molecule has 5 rings (SSSR count).